The average molecular weight is 154 g/mol. The normalized spacial score (nSPS) is 20.8. The topological polar surface area (TPSA) is 26.3 Å². The van der Waals surface area contributed by atoms with Crippen molar-refractivity contribution >= 4 is 5.78 Å². The lowest BCUT2D eigenvalue weighted by Gasteiger charge is -2.18. The smallest absolute Gasteiger partial charge is 0.152 e. The van der Waals surface area contributed by atoms with E-state index in [1.54, 1.807) is 13.0 Å². The van der Waals surface area contributed by atoms with Gasteiger partial charge in [-0.2, -0.15) is 0 Å². The van der Waals surface area contributed by atoms with E-state index in [4.69, 9.17) is 4.74 Å². The number of hydrogen-bond acceptors (Lipinski definition) is 2. The molecule has 0 aliphatic carbocycles. The van der Waals surface area contributed by atoms with Crippen LogP contribution in [0.5, 0.6) is 0 Å². The van der Waals surface area contributed by atoms with E-state index in [1.807, 2.05) is 6.08 Å². The zero-order chi connectivity index (χ0) is 8.10. The van der Waals surface area contributed by atoms with Gasteiger partial charge in [-0.1, -0.05) is 6.08 Å². The van der Waals surface area contributed by atoms with E-state index in [9.17, 15) is 4.79 Å². The highest BCUT2D eigenvalue weighted by molar-refractivity contribution is 5.87. The highest BCUT2D eigenvalue weighted by Crippen LogP contribution is 2.15. The molecule has 1 heterocycles. The molecule has 1 fully saturated rings. The van der Waals surface area contributed by atoms with E-state index in [2.05, 4.69) is 0 Å². The molecule has 0 aromatic heterocycles. The highest BCUT2D eigenvalue weighted by Gasteiger charge is 2.09. The molecule has 11 heavy (non-hydrogen) atoms. The van der Waals surface area contributed by atoms with E-state index < -0.39 is 0 Å². The molecule has 1 saturated heterocycles. The highest BCUT2D eigenvalue weighted by atomic mass is 16.5. The van der Waals surface area contributed by atoms with Crippen molar-refractivity contribution in [3.8, 4) is 0 Å². The standard InChI is InChI=1S/C9H14O2/c1-8(10)2-3-9-4-6-11-7-5-9/h2-3,9H,4-7H2,1H3/b3-2+. The molecule has 0 unspecified atom stereocenters. The Kier molecular flexibility index (Phi) is 3.30. The zero-order valence-corrected chi connectivity index (χ0v) is 6.88. The van der Waals surface area contributed by atoms with Crippen LogP contribution in [-0.2, 0) is 9.53 Å². The van der Waals surface area contributed by atoms with E-state index in [-0.39, 0.29) is 5.78 Å². The lowest BCUT2D eigenvalue weighted by atomic mass is 10.00. The number of carbonyl (C=O) groups is 1. The van der Waals surface area contributed by atoms with E-state index >= 15 is 0 Å². The molecule has 1 aliphatic rings. The van der Waals surface area contributed by atoms with Gasteiger partial charge in [0.25, 0.3) is 0 Å². The van der Waals surface area contributed by atoms with Crippen LogP contribution in [0.15, 0.2) is 12.2 Å². The SMILES string of the molecule is CC(=O)/C=C/C1CCOCC1. The van der Waals surface area contributed by atoms with Crippen molar-refractivity contribution in [1.29, 1.82) is 0 Å². The molecule has 0 amide bonds. The van der Waals surface area contributed by atoms with Gasteiger partial charge in [0.2, 0.25) is 0 Å². The Labute approximate surface area is 67.2 Å². The Morgan fingerprint density at radius 2 is 2.09 bits per heavy atom. The summed E-state index contributed by atoms with van der Waals surface area (Å²) in [5.41, 5.74) is 0. The molecule has 0 bridgehead atoms. The maximum absolute atomic E-state index is 10.6. The minimum Gasteiger partial charge on any atom is -0.381 e. The van der Waals surface area contributed by atoms with Crippen molar-refractivity contribution in [1.82, 2.24) is 0 Å². The lowest BCUT2D eigenvalue weighted by Crippen LogP contribution is -2.13. The summed E-state index contributed by atoms with van der Waals surface area (Å²) in [5, 5.41) is 0. The molecule has 0 N–H and O–H groups in total. The third-order valence-corrected chi connectivity index (χ3v) is 1.87. The second kappa shape index (κ2) is 4.29. The number of ketones is 1. The predicted octanol–water partition coefficient (Wildman–Crippen LogP) is 1.56. The Bertz CT molecular complexity index is 155. The summed E-state index contributed by atoms with van der Waals surface area (Å²) >= 11 is 0. The second-order valence-electron chi connectivity index (χ2n) is 2.92. The summed E-state index contributed by atoms with van der Waals surface area (Å²) in [6.45, 7) is 3.26. The summed E-state index contributed by atoms with van der Waals surface area (Å²) in [6.07, 6.45) is 5.79. The molecule has 62 valence electrons. The van der Waals surface area contributed by atoms with Crippen LogP contribution in [0.4, 0.5) is 0 Å². The molecule has 0 saturated carbocycles. The molecule has 2 heteroatoms. The van der Waals surface area contributed by atoms with Crippen molar-refractivity contribution in [2.24, 2.45) is 5.92 Å². The fourth-order valence-electron chi connectivity index (χ4n) is 1.18. The minimum atomic E-state index is 0.136. The molecular weight excluding hydrogens is 140 g/mol. The van der Waals surface area contributed by atoms with Crippen LogP contribution in [0.25, 0.3) is 0 Å². The van der Waals surface area contributed by atoms with Gasteiger partial charge in [-0.15, -0.1) is 0 Å². The Morgan fingerprint density at radius 3 is 2.64 bits per heavy atom. The number of allylic oxidation sites excluding steroid dienone is 2. The molecule has 0 radical (unpaired) electrons. The quantitative estimate of drug-likeness (QED) is 0.564. The third-order valence-electron chi connectivity index (χ3n) is 1.87. The monoisotopic (exact) mass is 154 g/mol. The van der Waals surface area contributed by atoms with Crippen molar-refractivity contribution in [2.75, 3.05) is 13.2 Å². The fraction of sp³-hybridized carbons (Fsp3) is 0.667. The van der Waals surface area contributed by atoms with Crippen molar-refractivity contribution in [2.45, 2.75) is 19.8 Å². The first-order valence-electron chi connectivity index (χ1n) is 4.05. The van der Waals surface area contributed by atoms with Crippen molar-refractivity contribution < 1.29 is 9.53 Å². The largest absolute Gasteiger partial charge is 0.381 e. The van der Waals surface area contributed by atoms with Crippen LogP contribution in [0.3, 0.4) is 0 Å². The minimum absolute atomic E-state index is 0.136. The zero-order valence-electron chi connectivity index (χ0n) is 6.88. The van der Waals surface area contributed by atoms with Gasteiger partial charge in [-0.05, 0) is 31.8 Å². The molecule has 2 nitrogen and oxygen atoms in total. The summed E-state index contributed by atoms with van der Waals surface area (Å²) in [7, 11) is 0. The van der Waals surface area contributed by atoms with Gasteiger partial charge in [0.15, 0.2) is 5.78 Å². The molecule has 0 aromatic carbocycles. The molecule has 1 aliphatic heterocycles. The van der Waals surface area contributed by atoms with Crippen LogP contribution in [0, 0.1) is 5.92 Å². The molecular formula is C9H14O2. The van der Waals surface area contributed by atoms with Crippen LogP contribution in [0.2, 0.25) is 0 Å². The average Bonchev–Trinajstić information content (AvgIpc) is 2.03. The number of carbonyl (C=O) groups excluding carboxylic acids is 1. The summed E-state index contributed by atoms with van der Waals surface area (Å²) in [6, 6.07) is 0. The second-order valence-corrected chi connectivity index (χ2v) is 2.92. The maximum atomic E-state index is 10.6. The van der Waals surface area contributed by atoms with Crippen LogP contribution in [0.1, 0.15) is 19.8 Å². The molecule has 0 aromatic rings. The van der Waals surface area contributed by atoms with Gasteiger partial charge in [0, 0.05) is 13.2 Å². The van der Waals surface area contributed by atoms with Crippen LogP contribution < -0.4 is 0 Å². The van der Waals surface area contributed by atoms with Crippen LogP contribution >= 0.6 is 0 Å². The number of ether oxygens (including phenoxy) is 1. The number of hydrogen-bond donors (Lipinski definition) is 0. The first-order chi connectivity index (χ1) is 5.29. The maximum Gasteiger partial charge on any atom is 0.152 e. The molecule has 0 atom stereocenters. The molecule has 1 rings (SSSR count). The van der Waals surface area contributed by atoms with E-state index in [1.165, 1.54) is 0 Å². The van der Waals surface area contributed by atoms with Gasteiger partial charge in [-0.3, -0.25) is 4.79 Å². The Morgan fingerprint density at radius 1 is 1.45 bits per heavy atom. The first-order valence-corrected chi connectivity index (χ1v) is 4.05. The lowest BCUT2D eigenvalue weighted by molar-refractivity contribution is -0.112. The number of rotatable bonds is 2. The third kappa shape index (κ3) is 3.33. The Hall–Kier alpha value is -0.630. The van der Waals surface area contributed by atoms with Crippen molar-refractivity contribution in [3.63, 3.8) is 0 Å². The van der Waals surface area contributed by atoms with Crippen LogP contribution in [-0.4, -0.2) is 19.0 Å². The summed E-state index contributed by atoms with van der Waals surface area (Å²) in [4.78, 5) is 10.6. The Balaban J connectivity index is 2.29. The predicted molar refractivity (Wildman–Crippen MR) is 43.4 cm³/mol. The van der Waals surface area contributed by atoms with E-state index in [0.717, 1.165) is 26.1 Å². The first kappa shape index (κ1) is 8.47. The van der Waals surface area contributed by atoms with Gasteiger partial charge in [0.05, 0.1) is 0 Å². The van der Waals surface area contributed by atoms with E-state index in [0.29, 0.717) is 5.92 Å². The van der Waals surface area contributed by atoms with Gasteiger partial charge < -0.3 is 4.74 Å². The van der Waals surface area contributed by atoms with Crippen molar-refractivity contribution in [3.05, 3.63) is 12.2 Å². The molecule has 0 spiro atoms. The summed E-state index contributed by atoms with van der Waals surface area (Å²) in [5.74, 6) is 0.698. The summed E-state index contributed by atoms with van der Waals surface area (Å²) < 4.78 is 5.19. The van der Waals surface area contributed by atoms with Gasteiger partial charge in [-0.25, -0.2) is 0 Å². The van der Waals surface area contributed by atoms with Gasteiger partial charge in [0.1, 0.15) is 0 Å². The van der Waals surface area contributed by atoms with Gasteiger partial charge >= 0.3 is 0 Å². The fourth-order valence-corrected chi connectivity index (χ4v) is 1.18.